The van der Waals surface area contributed by atoms with E-state index >= 15 is 0 Å². The number of ketones is 1. The van der Waals surface area contributed by atoms with E-state index in [-0.39, 0.29) is 29.5 Å². The molecule has 0 saturated carbocycles. The molecule has 172 valence electrons. The van der Waals surface area contributed by atoms with Crippen LogP contribution in [0, 0.1) is 5.92 Å². The normalized spacial score (nSPS) is 23.4. The molecule has 3 aliphatic rings. The predicted octanol–water partition coefficient (Wildman–Crippen LogP) is 4.75. The number of hydrogen-bond acceptors (Lipinski definition) is 6. The first-order valence-electron chi connectivity index (χ1n) is 11.1. The van der Waals surface area contributed by atoms with Gasteiger partial charge < -0.3 is 10.0 Å². The van der Waals surface area contributed by atoms with E-state index in [0.29, 0.717) is 18.2 Å². The van der Waals surface area contributed by atoms with Crippen LogP contribution in [0.4, 0.5) is 0 Å². The first-order valence-corrected chi connectivity index (χ1v) is 12.5. The molecule has 0 aromatic heterocycles. The molecule has 0 aliphatic carbocycles. The SMILES string of the molecule is CC1CN2C(=C(O)C1=O)C(=O)N(C(C)C)CN2C1c2ccccc2CSc2ccc(Cl)cc21. The van der Waals surface area contributed by atoms with Gasteiger partial charge in [-0.25, -0.2) is 0 Å². The zero-order valence-electron chi connectivity index (χ0n) is 18.8. The molecule has 2 aromatic carbocycles. The Labute approximate surface area is 202 Å². The smallest absolute Gasteiger partial charge is 0.276 e. The van der Waals surface area contributed by atoms with Crippen molar-refractivity contribution in [2.75, 3.05) is 13.2 Å². The maximum absolute atomic E-state index is 13.4. The summed E-state index contributed by atoms with van der Waals surface area (Å²) in [7, 11) is 0. The summed E-state index contributed by atoms with van der Waals surface area (Å²) >= 11 is 8.23. The summed E-state index contributed by atoms with van der Waals surface area (Å²) in [5.41, 5.74) is 3.46. The van der Waals surface area contributed by atoms with E-state index in [0.717, 1.165) is 21.8 Å². The van der Waals surface area contributed by atoms with Crippen molar-refractivity contribution in [3.05, 3.63) is 75.6 Å². The Kier molecular flexibility index (Phi) is 5.67. The number of rotatable bonds is 2. The molecule has 1 amide bonds. The summed E-state index contributed by atoms with van der Waals surface area (Å²) in [6.07, 6.45) is 0. The number of nitrogens with zero attached hydrogens (tertiary/aromatic N) is 3. The Bertz CT molecular complexity index is 1180. The van der Waals surface area contributed by atoms with Gasteiger partial charge in [-0.1, -0.05) is 42.8 Å². The number of amides is 1. The fraction of sp³-hybridized carbons (Fsp3) is 0.360. The first-order chi connectivity index (χ1) is 15.8. The summed E-state index contributed by atoms with van der Waals surface area (Å²) in [5.74, 6) is -0.757. The second-order valence-electron chi connectivity index (χ2n) is 9.07. The van der Waals surface area contributed by atoms with E-state index in [1.807, 2.05) is 49.2 Å². The van der Waals surface area contributed by atoms with Crippen LogP contribution < -0.4 is 0 Å². The third kappa shape index (κ3) is 3.63. The number of fused-ring (bicyclic) bond motifs is 3. The molecule has 0 radical (unpaired) electrons. The van der Waals surface area contributed by atoms with Crippen molar-refractivity contribution in [3.63, 3.8) is 0 Å². The summed E-state index contributed by atoms with van der Waals surface area (Å²) in [6.45, 7) is 6.34. The van der Waals surface area contributed by atoms with E-state index in [1.165, 1.54) is 5.56 Å². The quantitative estimate of drug-likeness (QED) is 0.665. The lowest BCUT2D eigenvalue weighted by Crippen LogP contribution is -2.63. The summed E-state index contributed by atoms with van der Waals surface area (Å²) in [6, 6.07) is 13.9. The van der Waals surface area contributed by atoms with Gasteiger partial charge in [-0.3, -0.25) is 14.6 Å². The van der Waals surface area contributed by atoms with Gasteiger partial charge in [-0.05, 0) is 48.7 Å². The fourth-order valence-corrected chi connectivity index (χ4v) is 6.10. The van der Waals surface area contributed by atoms with Crippen molar-refractivity contribution < 1.29 is 14.7 Å². The highest BCUT2D eigenvalue weighted by atomic mass is 35.5. The standard InChI is InChI=1S/C25H26ClN3O3S/c1-14(2)27-13-29(28-11-15(3)23(30)24(31)22(28)25(27)32)21-18-7-5-4-6-16(18)12-33-20-9-8-17(26)10-19(20)21/h4-10,14-15,21,31H,11-13H2,1-3H3. The topological polar surface area (TPSA) is 64.1 Å². The number of benzene rings is 2. The van der Waals surface area contributed by atoms with Gasteiger partial charge in [-0.15, -0.1) is 11.8 Å². The molecule has 2 unspecified atom stereocenters. The largest absolute Gasteiger partial charge is 0.503 e. The summed E-state index contributed by atoms with van der Waals surface area (Å²) in [4.78, 5) is 28.8. The van der Waals surface area contributed by atoms with Crippen molar-refractivity contribution >= 4 is 35.1 Å². The van der Waals surface area contributed by atoms with Gasteiger partial charge in [0.1, 0.15) is 0 Å². The lowest BCUT2D eigenvalue weighted by atomic mass is 9.93. The van der Waals surface area contributed by atoms with Crippen LogP contribution in [0.5, 0.6) is 0 Å². The molecule has 2 atom stereocenters. The van der Waals surface area contributed by atoms with Gasteiger partial charge >= 0.3 is 0 Å². The molecule has 3 aliphatic heterocycles. The monoisotopic (exact) mass is 483 g/mol. The van der Waals surface area contributed by atoms with E-state index in [2.05, 4.69) is 17.1 Å². The number of aliphatic hydroxyl groups excluding tert-OH is 1. The Hall–Kier alpha value is -2.48. The molecular formula is C25H26ClN3O3S. The average molecular weight is 484 g/mol. The molecule has 3 heterocycles. The second kappa shape index (κ2) is 8.38. The molecule has 1 fully saturated rings. The second-order valence-corrected chi connectivity index (χ2v) is 10.5. The Balaban J connectivity index is 1.75. The van der Waals surface area contributed by atoms with Crippen LogP contribution in [-0.4, -0.2) is 51.0 Å². The van der Waals surface area contributed by atoms with E-state index < -0.39 is 11.7 Å². The van der Waals surface area contributed by atoms with Crippen molar-refractivity contribution in [3.8, 4) is 0 Å². The van der Waals surface area contributed by atoms with Crippen molar-refractivity contribution in [1.29, 1.82) is 0 Å². The highest BCUT2D eigenvalue weighted by molar-refractivity contribution is 7.98. The van der Waals surface area contributed by atoms with Crippen LogP contribution in [0.3, 0.4) is 0 Å². The zero-order valence-corrected chi connectivity index (χ0v) is 20.4. The zero-order chi connectivity index (χ0) is 23.4. The highest BCUT2D eigenvalue weighted by Gasteiger charge is 2.47. The van der Waals surface area contributed by atoms with E-state index in [9.17, 15) is 14.7 Å². The van der Waals surface area contributed by atoms with Gasteiger partial charge in [0.2, 0.25) is 5.78 Å². The van der Waals surface area contributed by atoms with Crippen LogP contribution in [-0.2, 0) is 15.3 Å². The fourth-order valence-electron chi connectivity index (χ4n) is 4.84. The Morgan fingerprint density at radius 2 is 1.88 bits per heavy atom. The van der Waals surface area contributed by atoms with Gasteiger partial charge in [0, 0.05) is 34.2 Å². The number of allylic oxidation sites excluding steroid dienone is 1. The lowest BCUT2D eigenvalue weighted by Gasteiger charge is -2.52. The maximum Gasteiger partial charge on any atom is 0.276 e. The molecule has 1 saturated heterocycles. The van der Waals surface area contributed by atoms with Crippen LogP contribution >= 0.6 is 23.4 Å². The number of carbonyl (C=O) groups is 2. The number of hydrogen-bond donors (Lipinski definition) is 1. The summed E-state index contributed by atoms with van der Waals surface area (Å²) < 4.78 is 0. The summed E-state index contributed by atoms with van der Waals surface area (Å²) in [5, 5.41) is 15.4. The predicted molar refractivity (Wildman–Crippen MR) is 129 cm³/mol. The number of hydrazine groups is 1. The maximum atomic E-state index is 13.4. The highest BCUT2D eigenvalue weighted by Crippen LogP contribution is 2.46. The van der Waals surface area contributed by atoms with Crippen molar-refractivity contribution in [1.82, 2.24) is 14.9 Å². The average Bonchev–Trinajstić information content (AvgIpc) is 2.94. The number of carbonyl (C=O) groups excluding carboxylic acids is 2. The van der Waals surface area contributed by atoms with Gasteiger partial charge in [-0.2, -0.15) is 5.01 Å². The number of halogens is 1. The van der Waals surface area contributed by atoms with E-state index in [4.69, 9.17) is 11.6 Å². The third-order valence-corrected chi connectivity index (χ3v) is 7.97. The van der Waals surface area contributed by atoms with Gasteiger partial charge in [0.25, 0.3) is 5.91 Å². The molecular weight excluding hydrogens is 458 g/mol. The van der Waals surface area contributed by atoms with Crippen LogP contribution in [0.25, 0.3) is 0 Å². The molecule has 2 aromatic rings. The van der Waals surface area contributed by atoms with Crippen LogP contribution in [0.1, 0.15) is 43.5 Å². The van der Waals surface area contributed by atoms with Crippen LogP contribution in [0.2, 0.25) is 5.02 Å². The molecule has 6 nitrogen and oxygen atoms in total. The minimum Gasteiger partial charge on any atom is -0.503 e. The first kappa shape index (κ1) is 22.3. The molecule has 5 rings (SSSR count). The minimum absolute atomic E-state index is 0.0657. The molecule has 8 heteroatoms. The molecule has 0 bridgehead atoms. The van der Waals surface area contributed by atoms with Gasteiger partial charge in [0.15, 0.2) is 11.5 Å². The van der Waals surface area contributed by atoms with Gasteiger partial charge in [0.05, 0.1) is 12.7 Å². The van der Waals surface area contributed by atoms with Crippen molar-refractivity contribution in [2.24, 2.45) is 5.92 Å². The lowest BCUT2D eigenvalue weighted by molar-refractivity contribution is -0.164. The van der Waals surface area contributed by atoms with Crippen LogP contribution in [0.15, 0.2) is 58.8 Å². The van der Waals surface area contributed by atoms with E-state index in [1.54, 1.807) is 23.6 Å². The minimum atomic E-state index is -0.448. The Morgan fingerprint density at radius 1 is 1.12 bits per heavy atom. The molecule has 33 heavy (non-hydrogen) atoms. The molecule has 1 N–H and O–H groups in total. The third-order valence-electron chi connectivity index (χ3n) is 6.60. The number of Topliss-reactive ketones (excluding diaryl/α,β-unsaturated/α-hetero) is 1. The number of aliphatic hydroxyl groups is 1. The van der Waals surface area contributed by atoms with Crippen molar-refractivity contribution in [2.45, 2.75) is 43.5 Å². The Morgan fingerprint density at radius 3 is 2.64 bits per heavy atom. The number of thioether (sulfide) groups is 1. The molecule has 0 spiro atoms.